The predicted octanol–water partition coefficient (Wildman–Crippen LogP) is 3.26. The highest BCUT2D eigenvalue weighted by Crippen LogP contribution is 2.37. The van der Waals surface area contributed by atoms with E-state index in [1.54, 1.807) is 25.3 Å². The number of ether oxygens (including phenoxy) is 2. The Morgan fingerprint density at radius 1 is 1.16 bits per heavy atom. The minimum absolute atomic E-state index is 0.0812. The molecule has 4 rings (SSSR count). The first-order valence-corrected chi connectivity index (χ1v) is 13.0. The van der Waals surface area contributed by atoms with Gasteiger partial charge in [0.15, 0.2) is 0 Å². The van der Waals surface area contributed by atoms with Gasteiger partial charge in [-0.15, -0.1) is 0 Å². The van der Waals surface area contributed by atoms with E-state index in [0.717, 1.165) is 18.7 Å². The van der Waals surface area contributed by atoms with E-state index in [0.29, 0.717) is 49.7 Å². The van der Waals surface area contributed by atoms with Crippen LogP contribution in [0.5, 0.6) is 5.75 Å². The third-order valence-electron chi connectivity index (χ3n) is 6.66. The van der Waals surface area contributed by atoms with E-state index in [1.165, 1.54) is 16.0 Å². The van der Waals surface area contributed by atoms with Gasteiger partial charge in [0, 0.05) is 49.8 Å². The maximum atomic E-state index is 14.7. The zero-order valence-electron chi connectivity index (χ0n) is 22.2. The molecule has 1 N–H and O–H groups in total. The lowest BCUT2D eigenvalue weighted by Gasteiger charge is -2.31. The van der Waals surface area contributed by atoms with Crippen molar-refractivity contribution in [3.05, 3.63) is 65.5 Å². The molecule has 1 unspecified atom stereocenters. The Morgan fingerprint density at radius 2 is 1.87 bits per heavy atom. The third-order valence-corrected chi connectivity index (χ3v) is 6.66. The van der Waals surface area contributed by atoms with Crippen LogP contribution in [0, 0.1) is 5.82 Å². The molecule has 10 heteroatoms. The fraction of sp³-hybridized carbons (Fsp3) is 0.464. The summed E-state index contributed by atoms with van der Waals surface area (Å²) in [5, 5.41) is 8.87. The molecule has 2 aromatic rings. The number of para-hydroxylation sites is 1. The van der Waals surface area contributed by atoms with Gasteiger partial charge in [-0.2, -0.15) is 5.10 Å². The minimum atomic E-state index is -0.498. The number of methoxy groups -OCH3 is 1. The van der Waals surface area contributed by atoms with Gasteiger partial charge in [-0.1, -0.05) is 36.4 Å². The second-order valence-electron chi connectivity index (χ2n) is 9.71. The average molecular weight is 526 g/mol. The number of rotatable bonds is 9. The summed E-state index contributed by atoms with van der Waals surface area (Å²) in [4.78, 5) is 30.6. The molecule has 2 aromatic carbocycles. The number of halogens is 1. The minimum Gasteiger partial charge on any atom is -0.496 e. The quantitative estimate of drug-likeness (QED) is 0.543. The van der Waals surface area contributed by atoms with Crippen LogP contribution in [0.3, 0.4) is 0 Å². The Hall–Kier alpha value is -3.50. The Kier molecular flexibility index (Phi) is 9.30. The van der Waals surface area contributed by atoms with Crippen molar-refractivity contribution in [3.8, 4) is 5.75 Å². The molecule has 204 valence electrons. The van der Waals surface area contributed by atoms with Crippen molar-refractivity contribution in [2.75, 3.05) is 53.0 Å². The number of carbonyl (C=O) groups is 2. The molecular weight excluding hydrogens is 489 g/mol. The number of benzene rings is 2. The average Bonchev–Trinajstić information content (AvgIpc) is 3.36. The van der Waals surface area contributed by atoms with E-state index in [-0.39, 0.29) is 24.5 Å². The van der Waals surface area contributed by atoms with E-state index < -0.39 is 11.9 Å². The molecule has 0 saturated carbocycles. The monoisotopic (exact) mass is 525 g/mol. The standard InChI is InChI=1S/C28H36FN5O4/c1-20(2)30-28(36)33(13-12-32-14-16-38-17-15-32)19-27(35)34-25(22-9-5-7-11-26(22)37-3)18-24(31-34)21-8-4-6-10-23(21)29/h4-11,20,25H,12-19H2,1-3H3,(H,30,36). The van der Waals surface area contributed by atoms with Crippen LogP contribution in [0.25, 0.3) is 0 Å². The zero-order valence-corrected chi connectivity index (χ0v) is 22.2. The smallest absolute Gasteiger partial charge is 0.318 e. The van der Waals surface area contributed by atoms with Gasteiger partial charge in [0.1, 0.15) is 18.1 Å². The number of nitrogens with one attached hydrogen (secondary N) is 1. The van der Waals surface area contributed by atoms with E-state index in [4.69, 9.17) is 9.47 Å². The molecule has 2 heterocycles. The lowest BCUT2D eigenvalue weighted by atomic mass is 9.97. The molecule has 0 radical (unpaired) electrons. The predicted molar refractivity (Wildman–Crippen MR) is 143 cm³/mol. The summed E-state index contributed by atoms with van der Waals surface area (Å²) in [6.07, 6.45) is 0.318. The maximum Gasteiger partial charge on any atom is 0.318 e. The number of amides is 3. The molecule has 3 amide bonds. The van der Waals surface area contributed by atoms with E-state index >= 15 is 0 Å². The van der Waals surface area contributed by atoms with Crippen molar-refractivity contribution < 1.29 is 23.5 Å². The van der Waals surface area contributed by atoms with E-state index in [1.807, 2.05) is 38.1 Å². The molecule has 2 aliphatic rings. The summed E-state index contributed by atoms with van der Waals surface area (Å²) in [6.45, 7) is 7.47. The zero-order chi connectivity index (χ0) is 27.1. The van der Waals surface area contributed by atoms with Gasteiger partial charge in [0.05, 0.1) is 32.1 Å². The molecule has 0 spiro atoms. The molecule has 1 saturated heterocycles. The summed E-state index contributed by atoms with van der Waals surface area (Å²) in [7, 11) is 1.57. The highest BCUT2D eigenvalue weighted by Gasteiger charge is 2.36. The molecule has 0 aliphatic carbocycles. The third kappa shape index (κ3) is 6.68. The number of nitrogens with zero attached hydrogens (tertiary/aromatic N) is 4. The van der Waals surface area contributed by atoms with Crippen LogP contribution in [-0.4, -0.2) is 91.5 Å². The summed E-state index contributed by atoms with van der Waals surface area (Å²) >= 11 is 0. The highest BCUT2D eigenvalue weighted by molar-refractivity contribution is 6.03. The maximum absolute atomic E-state index is 14.7. The van der Waals surface area contributed by atoms with Gasteiger partial charge in [0.25, 0.3) is 5.91 Å². The second kappa shape index (κ2) is 12.8. The molecule has 0 bridgehead atoms. The number of hydrogen-bond donors (Lipinski definition) is 1. The van der Waals surface area contributed by atoms with Crippen LogP contribution in [0.2, 0.25) is 0 Å². The van der Waals surface area contributed by atoms with Crippen molar-refractivity contribution in [3.63, 3.8) is 0 Å². The van der Waals surface area contributed by atoms with Gasteiger partial charge < -0.3 is 19.7 Å². The molecule has 9 nitrogen and oxygen atoms in total. The first-order valence-electron chi connectivity index (χ1n) is 13.0. The fourth-order valence-electron chi connectivity index (χ4n) is 4.70. The number of carbonyl (C=O) groups excluding carboxylic acids is 2. The number of hydrazone groups is 1. The van der Waals surface area contributed by atoms with Crippen molar-refractivity contribution in [1.29, 1.82) is 0 Å². The van der Waals surface area contributed by atoms with Crippen LogP contribution in [-0.2, 0) is 9.53 Å². The van der Waals surface area contributed by atoms with Gasteiger partial charge in [-0.05, 0) is 26.0 Å². The number of urea groups is 1. The van der Waals surface area contributed by atoms with Crippen molar-refractivity contribution >= 4 is 17.6 Å². The summed E-state index contributed by atoms with van der Waals surface area (Å²) < 4.78 is 25.7. The highest BCUT2D eigenvalue weighted by atomic mass is 19.1. The fourth-order valence-corrected chi connectivity index (χ4v) is 4.70. The Balaban J connectivity index is 1.60. The molecule has 0 aromatic heterocycles. The Morgan fingerprint density at radius 3 is 2.58 bits per heavy atom. The largest absolute Gasteiger partial charge is 0.496 e. The molecule has 38 heavy (non-hydrogen) atoms. The van der Waals surface area contributed by atoms with E-state index in [9.17, 15) is 14.0 Å². The number of morpholine rings is 1. The molecule has 2 aliphatic heterocycles. The SMILES string of the molecule is COc1ccccc1C1CC(c2ccccc2F)=NN1C(=O)CN(CCN1CCOCC1)C(=O)NC(C)C. The van der Waals surface area contributed by atoms with Crippen molar-refractivity contribution in [2.24, 2.45) is 5.10 Å². The molecule has 1 fully saturated rings. The molecular formula is C28H36FN5O4. The van der Waals surface area contributed by atoms with Crippen LogP contribution in [0.15, 0.2) is 53.6 Å². The lowest BCUT2D eigenvalue weighted by Crippen LogP contribution is -2.50. The van der Waals surface area contributed by atoms with Crippen molar-refractivity contribution in [1.82, 2.24) is 20.1 Å². The van der Waals surface area contributed by atoms with Crippen LogP contribution < -0.4 is 10.1 Å². The Labute approximate surface area is 223 Å². The summed E-state index contributed by atoms with van der Waals surface area (Å²) in [5.41, 5.74) is 1.59. The molecule has 1 atom stereocenters. The van der Waals surface area contributed by atoms with Crippen LogP contribution in [0.4, 0.5) is 9.18 Å². The second-order valence-corrected chi connectivity index (χ2v) is 9.71. The first-order chi connectivity index (χ1) is 18.4. The van der Waals surface area contributed by atoms with Gasteiger partial charge >= 0.3 is 6.03 Å². The van der Waals surface area contributed by atoms with Crippen LogP contribution in [0.1, 0.15) is 37.4 Å². The summed E-state index contributed by atoms with van der Waals surface area (Å²) in [6, 6.07) is 12.9. The normalized spacial score (nSPS) is 17.9. The lowest BCUT2D eigenvalue weighted by molar-refractivity contribution is -0.133. The van der Waals surface area contributed by atoms with Gasteiger partial charge in [-0.25, -0.2) is 14.2 Å². The number of hydrogen-bond acceptors (Lipinski definition) is 6. The first kappa shape index (κ1) is 27.5. The van der Waals surface area contributed by atoms with Gasteiger partial charge in [-0.3, -0.25) is 9.69 Å². The van der Waals surface area contributed by atoms with E-state index in [2.05, 4.69) is 15.3 Å². The van der Waals surface area contributed by atoms with Crippen LogP contribution >= 0.6 is 0 Å². The topological polar surface area (TPSA) is 86.7 Å². The van der Waals surface area contributed by atoms with Gasteiger partial charge in [0.2, 0.25) is 0 Å². The van der Waals surface area contributed by atoms with Crippen molar-refractivity contribution in [2.45, 2.75) is 32.4 Å². The summed E-state index contributed by atoms with van der Waals surface area (Å²) in [5.74, 6) is -0.141. The Bertz CT molecular complexity index is 1150.